The second kappa shape index (κ2) is 6.32. The average Bonchev–Trinajstić information content (AvgIpc) is 2.41. The number of rotatable bonds is 4. The van der Waals surface area contributed by atoms with E-state index in [0.29, 0.717) is 6.04 Å². The minimum Gasteiger partial charge on any atom is -0.392 e. The fourth-order valence-electron chi connectivity index (χ4n) is 2.57. The van der Waals surface area contributed by atoms with Crippen LogP contribution in [0.5, 0.6) is 0 Å². The summed E-state index contributed by atoms with van der Waals surface area (Å²) in [7, 11) is 2.17. The van der Waals surface area contributed by atoms with Crippen molar-refractivity contribution in [3.8, 4) is 0 Å². The lowest BCUT2D eigenvalue weighted by molar-refractivity contribution is 0.0393. The third-order valence-corrected chi connectivity index (χ3v) is 3.80. The molecule has 1 aliphatic rings. The second-order valence-corrected chi connectivity index (χ2v) is 5.25. The number of piperazine rings is 1. The van der Waals surface area contributed by atoms with Gasteiger partial charge in [0.25, 0.3) is 0 Å². The molecule has 3 nitrogen and oxygen atoms in total. The summed E-state index contributed by atoms with van der Waals surface area (Å²) in [5.74, 6) is 0. The minimum atomic E-state index is -0.209. The highest BCUT2D eigenvalue weighted by molar-refractivity contribution is 5.20. The molecule has 0 bridgehead atoms. The molecule has 2 atom stereocenters. The van der Waals surface area contributed by atoms with E-state index in [2.05, 4.69) is 47.2 Å². The zero-order valence-corrected chi connectivity index (χ0v) is 11.4. The normalized spacial score (nSPS) is 24.1. The lowest BCUT2D eigenvalue weighted by atomic mass is 10.0. The topological polar surface area (TPSA) is 26.7 Å². The molecular formula is C15H24N2O. The van der Waals surface area contributed by atoms with Gasteiger partial charge in [0, 0.05) is 32.2 Å². The Labute approximate surface area is 110 Å². The third kappa shape index (κ3) is 3.31. The Balaban J connectivity index is 2.11. The Morgan fingerprint density at radius 1 is 1.28 bits per heavy atom. The summed E-state index contributed by atoms with van der Waals surface area (Å²) in [6, 6.07) is 11.0. The first-order valence-electron chi connectivity index (χ1n) is 6.86. The molecular weight excluding hydrogens is 224 g/mol. The fourth-order valence-corrected chi connectivity index (χ4v) is 2.57. The van der Waals surface area contributed by atoms with Crippen molar-refractivity contribution < 1.29 is 5.11 Å². The summed E-state index contributed by atoms with van der Waals surface area (Å²) >= 11 is 0. The Morgan fingerprint density at radius 3 is 2.67 bits per heavy atom. The largest absolute Gasteiger partial charge is 0.392 e. The third-order valence-electron chi connectivity index (χ3n) is 3.80. The number of β-amino-alcohol motifs (C(OH)–C–C–N with tert-alkyl or cyclic N) is 1. The summed E-state index contributed by atoms with van der Waals surface area (Å²) in [4.78, 5) is 4.79. The first-order valence-corrected chi connectivity index (χ1v) is 6.86. The van der Waals surface area contributed by atoms with E-state index in [1.54, 1.807) is 0 Å². The van der Waals surface area contributed by atoms with Gasteiger partial charge >= 0.3 is 0 Å². The van der Waals surface area contributed by atoms with Crippen LogP contribution >= 0.6 is 0 Å². The second-order valence-electron chi connectivity index (χ2n) is 5.25. The van der Waals surface area contributed by atoms with E-state index in [9.17, 15) is 5.11 Å². The standard InChI is InChI=1S/C15H24N2O/c1-3-14(18)11-17-10-9-16(2)12-15(17)13-7-5-4-6-8-13/h4-8,14-15,18H,3,9-12H2,1-2H3/t14-,15-/m1/s1. The van der Waals surface area contributed by atoms with Gasteiger partial charge in [-0.05, 0) is 19.0 Å². The Morgan fingerprint density at radius 2 is 2.00 bits per heavy atom. The van der Waals surface area contributed by atoms with Crippen LogP contribution < -0.4 is 0 Å². The van der Waals surface area contributed by atoms with Gasteiger partial charge in [-0.3, -0.25) is 4.90 Å². The van der Waals surface area contributed by atoms with E-state index in [4.69, 9.17) is 0 Å². The van der Waals surface area contributed by atoms with Gasteiger partial charge in [0.1, 0.15) is 0 Å². The van der Waals surface area contributed by atoms with Crippen LogP contribution in [-0.2, 0) is 0 Å². The van der Waals surface area contributed by atoms with Crippen LogP contribution in [0.4, 0.5) is 0 Å². The molecule has 100 valence electrons. The summed E-state index contributed by atoms with van der Waals surface area (Å²) in [5.41, 5.74) is 1.35. The average molecular weight is 248 g/mol. The van der Waals surface area contributed by atoms with Gasteiger partial charge in [0.15, 0.2) is 0 Å². The molecule has 1 saturated heterocycles. The first kappa shape index (κ1) is 13.5. The van der Waals surface area contributed by atoms with Gasteiger partial charge in [-0.25, -0.2) is 0 Å². The summed E-state index contributed by atoms with van der Waals surface area (Å²) in [5, 5.41) is 9.89. The number of hydrogen-bond acceptors (Lipinski definition) is 3. The van der Waals surface area contributed by atoms with Crippen molar-refractivity contribution in [3.05, 3.63) is 35.9 Å². The molecule has 0 spiro atoms. The number of nitrogens with zero attached hydrogens (tertiary/aromatic N) is 2. The van der Waals surface area contributed by atoms with Gasteiger partial charge in [-0.15, -0.1) is 0 Å². The number of likely N-dealkylation sites (N-methyl/N-ethyl adjacent to an activating group) is 1. The number of aliphatic hydroxyl groups is 1. The van der Waals surface area contributed by atoms with Crippen molar-refractivity contribution in [1.29, 1.82) is 0 Å². The molecule has 0 saturated carbocycles. The molecule has 1 aliphatic heterocycles. The predicted molar refractivity (Wildman–Crippen MR) is 74.6 cm³/mol. The maximum atomic E-state index is 9.89. The van der Waals surface area contributed by atoms with Crippen LogP contribution in [0, 0.1) is 0 Å². The van der Waals surface area contributed by atoms with Crippen molar-refractivity contribution in [2.24, 2.45) is 0 Å². The number of aliphatic hydroxyl groups excluding tert-OH is 1. The minimum absolute atomic E-state index is 0.209. The van der Waals surface area contributed by atoms with E-state index in [-0.39, 0.29) is 6.10 Å². The lowest BCUT2D eigenvalue weighted by Crippen LogP contribution is -2.49. The predicted octanol–water partition coefficient (Wildman–Crippen LogP) is 1.75. The molecule has 1 aromatic carbocycles. The monoisotopic (exact) mass is 248 g/mol. The van der Waals surface area contributed by atoms with Crippen LogP contribution in [0.3, 0.4) is 0 Å². The maximum Gasteiger partial charge on any atom is 0.0664 e. The van der Waals surface area contributed by atoms with Crippen molar-refractivity contribution in [3.63, 3.8) is 0 Å². The maximum absolute atomic E-state index is 9.89. The van der Waals surface area contributed by atoms with Crippen molar-refractivity contribution in [2.75, 3.05) is 33.2 Å². The van der Waals surface area contributed by atoms with E-state index in [1.807, 2.05) is 6.92 Å². The van der Waals surface area contributed by atoms with E-state index >= 15 is 0 Å². The lowest BCUT2D eigenvalue weighted by Gasteiger charge is -2.41. The van der Waals surface area contributed by atoms with Gasteiger partial charge in [0.05, 0.1) is 6.10 Å². The van der Waals surface area contributed by atoms with Gasteiger partial charge in [0.2, 0.25) is 0 Å². The van der Waals surface area contributed by atoms with Crippen LogP contribution in [0.25, 0.3) is 0 Å². The summed E-state index contributed by atoms with van der Waals surface area (Å²) in [6.07, 6.45) is 0.619. The zero-order valence-electron chi connectivity index (χ0n) is 11.4. The summed E-state index contributed by atoms with van der Waals surface area (Å²) < 4.78 is 0. The molecule has 3 heteroatoms. The fraction of sp³-hybridized carbons (Fsp3) is 0.600. The van der Waals surface area contributed by atoms with Crippen molar-refractivity contribution in [2.45, 2.75) is 25.5 Å². The Hall–Kier alpha value is -0.900. The first-order chi connectivity index (χ1) is 8.70. The Kier molecular flexibility index (Phi) is 4.75. The molecule has 0 unspecified atom stereocenters. The highest BCUT2D eigenvalue weighted by Gasteiger charge is 2.27. The van der Waals surface area contributed by atoms with Crippen LogP contribution in [-0.4, -0.2) is 54.2 Å². The van der Waals surface area contributed by atoms with Crippen molar-refractivity contribution >= 4 is 0 Å². The molecule has 1 fully saturated rings. The molecule has 1 N–H and O–H groups in total. The smallest absolute Gasteiger partial charge is 0.0664 e. The van der Waals surface area contributed by atoms with Crippen LogP contribution in [0.2, 0.25) is 0 Å². The van der Waals surface area contributed by atoms with E-state index < -0.39 is 0 Å². The molecule has 1 heterocycles. The Bertz CT molecular complexity index is 355. The van der Waals surface area contributed by atoms with Gasteiger partial charge in [-0.1, -0.05) is 37.3 Å². The molecule has 0 aromatic heterocycles. The highest BCUT2D eigenvalue weighted by Crippen LogP contribution is 2.24. The molecule has 0 radical (unpaired) electrons. The molecule has 0 amide bonds. The molecule has 18 heavy (non-hydrogen) atoms. The molecule has 2 rings (SSSR count). The van der Waals surface area contributed by atoms with Gasteiger partial charge < -0.3 is 10.0 Å². The number of hydrogen-bond donors (Lipinski definition) is 1. The molecule has 1 aromatic rings. The van der Waals surface area contributed by atoms with Crippen molar-refractivity contribution in [1.82, 2.24) is 9.80 Å². The molecule has 0 aliphatic carbocycles. The van der Waals surface area contributed by atoms with E-state index in [0.717, 1.165) is 32.6 Å². The highest BCUT2D eigenvalue weighted by atomic mass is 16.3. The quantitative estimate of drug-likeness (QED) is 0.879. The van der Waals surface area contributed by atoms with Crippen LogP contribution in [0.1, 0.15) is 24.9 Å². The van der Waals surface area contributed by atoms with Crippen LogP contribution in [0.15, 0.2) is 30.3 Å². The van der Waals surface area contributed by atoms with E-state index in [1.165, 1.54) is 5.56 Å². The van der Waals surface area contributed by atoms with Gasteiger partial charge in [-0.2, -0.15) is 0 Å². The zero-order chi connectivity index (χ0) is 13.0. The number of benzene rings is 1. The summed E-state index contributed by atoms with van der Waals surface area (Å²) in [6.45, 7) is 5.98. The SMILES string of the molecule is CC[C@@H](O)CN1CCN(C)C[C@@H]1c1ccccc1.